The van der Waals surface area contributed by atoms with Gasteiger partial charge >= 0.3 is 0 Å². The first-order valence-electron chi connectivity index (χ1n) is 16.0. The zero-order valence-electron chi connectivity index (χ0n) is 28.0. The molecule has 0 amide bonds. The Morgan fingerprint density at radius 1 is 1.18 bits per heavy atom. The van der Waals surface area contributed by atoms with Gasteiger partial charge in [-0.25, -0.2) is 8.78 Å². The van der Waals surface area contributed by atoms with Crippen LogP contribution in [-0.2, 0) is 21.5 Å². The third kappa shape index (κ3) is 7.70. The van der Waals surface area contributed by atoms with Gasteiger partial charge in [0.2, 0.25) is 0 Å². The lowest BCUT2D eigenvalue weighted by Crippen LogP contribution is -2.48. The van der Waals surface area contributed by atoms with E-state index < -0.39 is 23.2 Å². The number of rotatable bonds is 11. The quantitative estimate of drug-likeness (QED) is 0.124. The number of carbonyl (C=O) groups is 2. The first-order chi connectivity index (χ1) is 21.1. The average Bonchev–Trinajstić information content (AvgIpc) is 2.96. The Morgan fingerprint density at radius 2 is 1.87 bits per heavy atom. The van der Waals surface area contributed by atoms with Crippen molar-refractivity contribution >= 4 is 12.1 Å². The minimum Gasteiger partial charge on any atom is -0.373 e. The van der Waals surface area contributed by atoms with E-state index in [-0.39, 0.29) is 36.4 Å². The maximum absolute atomic E-state index is 16.2. The largest absolute Gasteiger partial charge is 0.373 e. The molecule has 1 heterocycles. The van der Waals surface area contributed by atoms with Gasteiger partial charge in [0.1, 0.15) is 11.6 Å². The number of Topliss-reactive ketones (excluding diaryl/α,β-unsaturated/α-hetero) is 1. The van der Waals surface area contributed by atoms with Crippen molar-refractivity contribution in [2.24, 2.45) is 17.6 Å². The number of hydrogen-bond donors (Lipinski definition) is 1. The van der Waals surface area contributed by atoms with E-state index in [1.807, 2.05) is 44.1 Å². The van der Waals surface area contributed by atoms with Crippen LogP contribution in [0.25, 0.3) is 11.1 Å². The number of nitrogens with zero attached hydrogens (tertiary/aromatic N) is 2. The van der Waals surface area contributed by atoms with Crippen molar-refractivity contribution in [3.8, 4) is 11.1 Å². The fourth-order valence-electron chi connectivity index (χ4n) is 7.15. The summed E-state index contributed by atoms with van der Waals surface area (Å²) in [6.45, 7) is 19.3. The molecule has 0 radical (unpaired) electrons. The van der Waals surface area contributed by atoms with E-state index >= 15 is 4.39 Å². The Balaban J connectivity index is 1.80. The molecule has 2 aliphatic rings. The molecule has 1 aliphatic carbocycles. The predicted molar refractivity (Wildman–Crippen MR) is 179 cm³/mol. The molecule has 2 aromatic carbocycles. The maximum atomic E-state index is 16.2. The van der Waals surface area contributed by atoms with Crippen molar-refractivity contribution in [3.63, 3.8) is 0 Å². The summed E-state index contributed by atoms with van der Waals surface area (Å²) in [5, 5.41) is 0. The van der Waals surface area contributed by atoms with E-state index in [0.717, 1.165) is 47.5 Å². The summed E-state index contributed by atoms with van der Waals surface area (Å²) in [6, 6.07) is 7.35. The Kier molecular flexibility index (Phi) is 10.7. The number of allylic oxidation sites excluding steroid dienone is 2. The average molecular weight is 618 g/mol. The SMILES string of the molecule is C=C(C(CC(C)C)N(C)/C=C(\C=C(\F)C=O)CCN1CC(C)C1)C1(N)CC(=O)Cc2cc(C)cc(C)c2-c2cc(C)c(F)c1c2. The third-order valence-electron chi connectivity index (χ3n) is 9.27. The molecule has 2 bridgehead atoms. The highest BCUT2D eigenvalue weighted by molar-refractivity contribution is 5.87. The number of fused-ring (bicyclic) bond motifs is 4. The Hall–Kier alpha value is -3.42. The number of halogens is 2. The molecule has 0 spiro atoms. The second kappa shape index (κ2) is 13.9. The first kappa shape index (κ1) is 34.5. The first-order valence-corrected chi connectivity index (χ1v) is 16.0. The summed E-state index contributed by atoms with van der Waals surface area (Å²) in [7, 11) is 1.87. The van der Waals surface area contributed by atoms with Crippen LogP contribution in [0, 0.1) is 38.4 Å². The molecule has 2 N–H and O–H groups in total. The molecule has 0 saturated carbocycles. The summed E-state index contributed by atoms with van der Waals surface area (Å²) in [5.74, 6) is -0.528. The predicted octanol–water partition coefficient (Wildman–Crippen LogP) is 7.27. The molecule has 5 nitrogen and oxygen atoms in total. The van der Waals surface area contributed by atoms with Crippen molar-refractivity contribution in [3.05, 3.63) is 93.7 Å². The van der Waals surface area contributed by atoms with E-state index in [9.17, 15) is 14.0 Å². The second-order valence-corrected chi connectivity index (χ2v) is 13.9. The number of aldehydes is 1. The van der Waals surface area contributed by atoms with Crippen LogP contribution in [-0.4, -0.2) is 54.6 Å². The van der Waals surface area contributed by atoms with Crippen LogP contribution in [0.15, 0.2) is 60.1 Å². The maximum Gasteiger partial charge on any atom is 0.178 e. The Labute approximate surface area is 267 Å². The Morgan fingerprint density at radius 3 is 2.49 bits per heavy atom. The standard InChI is InChI=1S/C38H49F2N3O2/c1-23(2)11-35(42(8)21-29(15-32(39)22-44)9-10-43-19-25(4)20-43)28(7)38(41)18-33(45)16-30-13-24(3)12-26(5)36(30)31-14-27(6)37(40)34(38)17-31/h12-15,17,21-23,25,35H,7,9-11,16,18-20,41H2,1-6,8H3/b29-21-,32-15+. The van der Waals surface area contributed by atoms with E-state index in [1.165, 1.54) is 6.08 Å². The van der Waals surface area contributed by atoms with Crippen LogP contribution in [0.4, 0.5) is 8.78 Å². The van der Waals surface area contributed by atoms with Crippen LogP contribution in [0.3, 0.4) is 0 Å². The molecule has 7 heteroatoms. The van der Waals surface area contributed by atoms with Gasteiger partial charge in [0, 0.05) is 51.3 Å². The van der Waals surface area contributed by atoms with Crippen LogP contribution in [0.1, 0.15) is 67.9 Å². The number of likely N-dealkylation sites (N-methyl/N-ethyl adjacent to an activating group) is 1. The van der Waals surface area contributed by atoms with E-state index in [0.29, 0.717) is 35.5 Å². The number of aryl methyl sites for hydroxylation is 3. The number of hydrogen-bond acceptors (Lipinski definition) is 5. The highest BCUT2D eigenvalue weighted by atomic mass is 19.1. The fraction of sp³-hybridized carbons (Fsp3) is 0.474. The smallest absolute Gasteiger partial charge is 0.178 e. The van der Waals surface area contributed by atoms with Gasteiger partial charge in [-0.1, -0.05) is 45.0 Å². The van der Waals surface area contributed by atoms with Gasteiger partial charge < -0.3 is 15.5 Å². The molecule has 2 aromatic rings. The summed E-state index contributed by atoms with van der Waals surface area (Å²) in [6.07, 6.45) is 4.57. The van der Waals surface area contributed by atoms with E-state index in [2.05, 4.69) is 38.3 Å². The van der Waals surface area contributed by atoms with Gasteiger partial charge in [0.05, 0.1) is 11.6 Å². The molecule has 2 unspecified atom stereocenters. The normalized spacial score (nSPS) is 20.2. The molecule has 4 rings (SSSR count). The van der Waals surface area contributed by atoms with Gasteiger partial charge in [-0.05, 0) is 103 Å². The van der Waals surface area contributed by atoms with Crippen molar-refractivity contribution in [1.82, 2.24) is 9.80 Å². The number of nitrogens with two attached hydrogens (primary N) is 1. The van der Waals surface area contributed by atoms with Crippen LogP contribution in [0.2, 0.25) is 0 Å². The molecule has 1 saturated heterocycles. The van der Waals surface area contributed by atoms with Crippen molar-refractivity contribution in [2.75, 3.05) is 26.7 Å². The number of ketones is 1. The van der Waals surface area contributed by atoms with Gasteiger partial charge in [-0.3, -0.25) is 9.59 Å². The number of carbonyl (C=O) groups excluding carboxylic acids is 2. The van der Waals surface area contributed by atoms with Crippen molar-refractivity contribution < 1.29 is 18.4 Å². The van der Waals surface area contributed by atoms with Gasteiger partial charge in [-0.15, -0.1) is 0 Å². The summed E-state index contributed by atoms with van der Waals surface area (Å²) in [5.41, 5.74) is 12.4. The molecule has 45 heavy (non-hydrogen) atoms. The third-order valence-corrected chi connectivity index (χ3v) is 9.27. The molecular weight excluding hydrogens is 568 g/mol. The monoisotopic (exact) mass is 617 g/mol. The lowest BCUT2D eigenvalue weighted by molar-refractivity contribution is -0.119. The zero-order chi connectivity index (χ0) is 33.2. The molecular formula is C38H49F2N3O2. The van der Waals surface area contributed by atoms with E-state index in [1.54, 1.807) is 13.0 Å². The van der Waals surface area contributed by atoms with Crippen LogP contribution in [0.5, 0.6) is 0 Å². The van der Waals surface area contributed by atoms with E-state index in [4.69, 9.17) is 5.73 Å². The lowest BCUT2D eigenvalue weighted by Gasteiger charge is -2.41. The fourth-order valence-corrected chi connectivity index (χ4v) is 7.15. The van der Waals surface area contributed by atoms with Crippen LogP contribution < -0.4 is 5.73 Å². The highest BCUT2D eigenvalue weighted by Gasteiger charge is 2.41. The highest BCUT2D eigenvalue weighted by Crippen LogP contribution is 2.42. The van der Waals surface area contributed by atoms with Gasteiger partial charge in [0.15, 0.2) is 12.1 Å². The summed E-state index contributed by atoms with van der Waals surface area (Å²) < 4.78 is 30.5. The van der Waals surface area contributed by atoms with Crippen molar-refractivity contribution in [1.29, 1.82) is 0 Å². The Bertz CT molecular complexity index is 1540. The van der Waals surface area contributed by atoms with Crippen LogP contribution >= 0.6 is 0 Å². The second-order valence-electron chi connectivity index (χ2n) is 13.9. The lowest BCUT2D eigenvalue weighted by atomic mass is 9.74. The summed E-state index contributed by atoms with van der Waals surface area (Å²) >= 11 is 0. The zero-order valence-corrected chi connectivity index (χ0v) is 28.0. The molecule has 2 atom stereocenters. The minimum absolute atomic E-state index is 0.0913. The van der Waals surface area contributed by atoms with Gasteiger partial charge in [-0.2, -0.15) is 0 Å². The molecule has 1 fully saturated rings. The topological polar surface area (TPSA) is 66.6 Å². The molecule has 1 aliphatic heterocycles. The molecule has 242 valence electrons. The van der Waals surface area contributed by atoms with Crippen molar-refractivity contribution in [2.45, 2.75) is 78.8 Å². The summed E-state index contributed by atoms with van der Waals surface area (Å²) in [4.78, 5) is 29.2. The number of benzene rings is 2. The number of likely N-dealkylation sites (tertiary alicyclic amines) is 1. The molecule has 0 aromatic heterocycles. The minimum atomic E-state index is -1.49. The van der Waals surface area contributed by atoms with Gasteiger partial charge in [0.25, 0.3) is 0 Å².